The number of likely N-dealkylation sites (tertiary alicyclic amines) is 1. The number of hydrogen-bond acceptors (Lipinski definition) is 1. The van der Waals surface area contributed by atoms with Crippen molar-refractivity contribution in [2.75, 3.05) is 19.6 Å². The maximum absolute atomic E-state index is 13.9. The van der Waals surface area contributed by atoms with Crippen LogP contribution in [-0.2, 0) is 0 Å². The second-order valence-electron chi connectivity index (χ2n) is 5.86. The molecule has 0 saturated carbocycles. The molecule has 1 aliphatic heterocycles. The SMILES string of the molecule is CC(C)CCN1CCC(C(C)C)C(F)(F)C1. The van der Waals surface area contributed by atoms with E-state index in [-0.39, 0.29) is 12.5 Å². The maximum atomic E-state index is 13.9. The van der Waals surface area contributed by atoms with Crippen LogP contribution in [0.25, 0.3) is 0 Å². The molecule has 0 aromatic heterocycles. The fraction of sp³-hybridized carbons (Fsp3) is 1.00. The fourth-order valence-electron chi connectivity index (χ4n) is 2.48. The molecule has 3 heteroatoms. The van der Waals surface area contributed by atoms with E-state index >= 15 is 0 Å². The van der Waals surface area contributed by atoms with E-state index in [2.05, 4.69) is 13.8 Å². The highest BCUT2D eigenvalue weighted by atomic mass is 19.3. The summed E-state index contributed by atoms with van der Waals surface area (Å²) < 4.78 is 27.7. The van der Waals surface area contributed by atoms with Gasteiger partial charge in [0.2, 0.25) is 0 Å². The Bertz CT molecular complexity index is 214. The number of nitrogens with zero attached hydrogens (tertiary/aromatic N) is 1. The van der Waals surface area contributed by atoms with E-state index in [0.29, 0.717) is 12.3 Å². The number of alkyl halides is 2. The van der Waals surface area contributed by atoms with Gasteiger partial charge in [-0.1, -0.05) is 27.7 Å². The largest absolute Gasteiger partial charge is 0.297 e. The summed E-state index contributed by atoms with van der Waals surface area (Å²) >= 11 is 0. The Kier molecular flexibility index (Phi) is 4.72. The third kappa shape index (κ3) is 3.69. The molecule has 1 atom stereocenters. The minimum absolute atomic E-state index is 0.0391. The summed E-state index contributed by atoms with van der Waals surface area (Å²) in [5, 5.41) is 0. The van der Waals surface area contributed by atoms with Gasteiger partial charge in [-0.3, -0.25) is 4.90 Å². The van der Waals surface area contributed by atoms with E-state index in [9.17, 15) is 8.78 Å². The molecular weight excluding hydrogens is 208 g/mol. The van der Waals surface area contributed by atoms with E-state index in [0.717, 1.165) is 19.5 Å². The molecule has 0 N–H and O–H groups in total. The number of hydrogen-bond donors (Lipinski definition) is 0. The molecule has 0 aromatic rings. The summed E-state index contributed by atoms with van der Waals surface area (Å²) in [6, 6.07) is 0. The first-order chi connectivity index (χ1) is 7.33. The Morgan fingerprint density at radius 2 is 1.88 bits per heavy atom. The molecule has 0 aliphatic carbocycles. The topological polar surface area (TPSA) is 3.24 Å². The van der Waals surface area contributed by atoms with E-state index in [4.69, 9.17) is 0 Å². The summed E-state index contributed by atoms with van der Waals surface area (Å²) in [7, 11) is 0. The minimum Gasteiger partial charge on any atom is -0.297 e. The lowest BCUT2D eigenvalue weighted by molar-refractivity contribution is -0.125. The van der Waals surface area contributed by atoms with Crippen LogP contribution in [0.5, 0.6) is 0 Å². The van der Waals surface area contributed by atoms with Crippen LogP contribution in [0.4, 0.5) is 8.78 Å². The molecule has 1 fully saturated rings. The van der Waals surface area contributed by atoms with Crippen LogP contribution in [0.2, 0.25) is 0 Å². The van der Waals surface area contributed by atoms with E-state index in [1.54, 1.807) is 0 Å². The average Bonchev–Trinajstić information content (AvgIpc) is 2.12. The molecule has 1 rings (SSSR count). The summed E-state index contributed by atoms with van der Waals surface area (Å²) in [5.41, 5.74) is 0. The van der Waals surface area contributed by atoms with Gasteiger partial charge in [0.25, 0.3) is 5.92 Å². The Morgan fingerprint density at radius 3 is 2.31 bits per heavy atom. The Hall–Kier alpha value is -0.180. The van der Waals surface area contributed by atoms with Gasteiger partial charge in [-0.2, -0.15) is 0 Å². The highest BCUT2D eigenvalue weighted by Gasteiger charge is 2.45. The third-order valence-electron chi connectivity index (χ3n) is 3.56. The van der Waals surface area contributed by atoms with Gasteiger partial charge < -0.3 is 0 Å². The van der Waals surface area contributed by atoms with Crippen molar-refractivity contribution in [1.82, 2.24) is 4.90 Å². The lowest BCUT2D eigenvalue weighted by atomic mass is 9.83. The third-order valence-corrected chi connectivity index (χ3v) is 3.56. The van der Waals surface area contributed by atoms with Crippen LogP contribution < -0.4 is 0 Å². The van der Waals surface area contributed by atoms with Crippen molar-refractivity contribution in [1.29, 1.82) is 0 Å². The Balaban J connectivity index is 2.47. The normalized spacial score (nSPS) is 26.6. The molecule has 1 unspecified atom stereocenters. The van der Waals surface area contributed by atoms with E-state index < -0.39 is 11.8 Å². The number of rotatable bonds is 4. The van der Waals surface area contributed by atoms with Gasteiger partial charge in [0.15, 0.2) is 0 Å². The first-order valence-electron chi connectivity index (χ1n) is 6.43. The van der Waals surface area contributed by atoms with Crippen molar-refractivity contribution in [3.63, 3.8) is 0 Å². The predicted octanol–water partition coefficient (Wildman–Crippen LogP) is 3.65. The number of halogens is 2. The molecule has 1 aliphatic rings. The quantitative estimate of drug-likeness (QED) is 0.716. The van der Waals surface area contributed by atoms with Crippen molar-refractivity contribution in [3.8, 4) is 0 Å². The molecule has 1 saturated heterocycles. The van der Waals surface area contributed by atoms with Crippen LogP contribution in [0, 0.1) is 17.8 Å². The van der Waals surface area contributed by atoms with Gasteiger partial charge in [-0.05, 0) is 37.8 Å². The van der Waals surface area contributed by atoms with Gasteiger partial charge in [0.05, 0.1) is 6.54 Å². The second-order valence-corrected chi connectivity index (χ2v) is 5.86. The summed E-state index contributed by atoms with van der Waals surface area (Å²) in [4.78, 5) is 1.93. The van der Waals surface area contributed by atoms with Gasteiger partial charge in [0, 0.05) is 5.92 Å². The lowest BCUT2D eigenvalue weighted by Gasteiger charge is -2.40. The van der Waals surface area contributed by atoms with Crippen LogP contribution in [0.3, 0.4) is 0 Å². The predicted molar refractivity (Wildman–Crippen MR) is 63.8 cm³/mol. The van der Waals surface area contributed by atoms with Crippen LogP contribution in [0.1, 0.15) is 40.5 Å². The molecule has 0 bridgehead atoms. The first kappa shape index (κ1) is 13.9. The fourth-order valence-corrected chi connectivity index (χ4v) is 2.48. The van der Waals surface area contributed by atoms with Crippen molar-refractivity contribution >= 4 is 0 Å². The zero-order valence-corrected chi connectivity index (χ0v) is 11.0. The first-order valence-corrected chi connectivity index (χ1v) is 6.43. The van der Waals surface area contributed by atoms with Crippen molar-refractivity contribution in [3.05, 3.63) is 0 Å². The van der Waals surface area contributed by atoms with Crippen molar-refractivity contribution < 1.29 is 8.78 Å². The van der Waals surface area contributed by atoms with Gasteiger partial charge in [0.1, 0.15) is 0 Å². The molecule has 16 heavy (non-hydrogen) atoms. The molecule has 1 heterocycles. The van der Waals surface area contributed by atoms with Crippen molar-refractivity contribution in [2.24, 2.45) is 17.8 Å². The summed E-state index contributed by atoms with van der Waals surface area (Å²) in [6.45, 7) is 9.70. The summed E-state index contributed by atoms with van der Waals surface area (Å²) in [5.74, 6) is -2.25. The van der Waals surface area contributed by atoms with E-state index in [1.165, 1.54) is 0 Å². The average molecular weight is 233 g/mol. The Morgan fingerprint density at radius 1 is 1.25 bits per heavy atom. The second kappa shape index (κ2) is 5.44. The lowest BCUT2D eigenvalue weighted by Crippen LogP contribution is -2.50. The molecular formula is C13H25F2N. The molecule has 1 nitrogen and oxygen atoms in total. The van der Waals surface area contributed by atoms with E-state index in [1.807, 2.05) is 18.7 Å². The minimum atomic E-state index is -2.50. The summed E-state index contributed by atoms with van der Waals surface area (Å²) in [6.07, 6.45) is 1.66. The molecule has 0 aromatic carbocycles. The van der Waals surface area contributed by atoms with Crippen molar-refractivity contribution in [2.45, 2.75) is 46.5 Å². The molecule has 0 spiro atoms. The standard InChI is InChI=1S/C13H25F2N/c1-10(2)5-7-16-8-6-12(11(3)4)13(14,15)9-16/h10-12H,5-9H2,1-4H3. The Labute approximate surface area is 98.2 Å². The monoisotopic (exact) mass is 233 g/mol. The number of piperidine rings is 1. The van der Waals surface area contributed by atoms with Gasteiger partial charge in [-0.25, -0.2) is 8.78 Å². The highest BCUT2D eigenvalue weighted by Crippen LogP contribution is 2.37. The van der Waals surface area contributed by atoms with Gasteiger partial charge >= 0.3 is 0 Å². The smallest absolute Gasteiger partial charge is 0.263 e. The molecule has 0 radical (unpaired) electrons. The van der Waals surface area contributed by atoms with Crippen LogP contribution >= 0.6 is 0 Å². The zero-order chi connectivity index (χ0) is 12.3. The maximum Gasteiger partial charge on any atom is 0.263 e. The highest BCUT2D eigenvalue weighted by molar-refractivity contribution is 4.88. The zero-order valence-electron chi connectivity index (χ0n) is 11.0. The van der Waals surface area contributed by atoms with Gasteiger partial charge in [-0.15, -0.1) is 0 Å². The van der Waals surface area contributed by atoms with Crippen LogP contribution in [-0.4, -0.2) is 30.5 Å². The molecule has 0 amide bonds. The molecule has 96 valence electrons. The van der Waals surface area contributed by atoms with Crippen LogP contribution in [0.15, 0.2) is 0 Å².